The predicted molar refractivity (Wildman–Crippen MR) is 110 cm³/mol. The van der Waals surface area contributed by atoms with Gasteiger partial charge in [-0.2, -0.15) is 0 Å². The smallest absolute Gasteiger partial charge is 0.240 e. The standard InChI is InChI=1S/C20H28N6O2/c1-12(2)18(21)20(28)26-9-8-25(11-13(26)3)16-10-15(23-24-19(16)22)14-6-4-5-7-17(14)27/h4-7,10,12-13,18,27H,8-9,11,21H2,1-3H3,(H2,22,24)/t13-,18-/m0/s1. The van der Waals surface area contributed by atoms with Crippen molar-refractivity contribution in [3.8, 4) is 17.0 Å². The minimum absolute atomic E-state index is 0.00723. The summed E-state index contributed by atoms with van der Waals surface area (Å²) in [6.07, 6.45) is 0. The van der Waals surface area contributed by atoms with Crippen LogP contribution in [0.4, 0.5) is 11.5 Å². The third-order valence-electron chi connectivity index (χ3n) is 5.24. The largest absolute Gasteiger partial charge is 0.507 e. The topological polar surface area (TPSA) is 122 Å². The van der Waals surface area contributed by atoms with Crippen LogP contribution in [-0.2, 0) is 4.79 Å². The minimum Gasteiger partial charge on any atom is -0.507 e. The summed E-state index contributed by atoms with van der Waals surface area (Å²) in [6.45, 7) is 7.71. The van der Waals surface area contributed by atoms with Gasteiger partial charge in [0.2, 0.25) is 5.91 Å². The van der Waals surface area contributed by atoms with Crippen molar-refractivity contribution in [2.24, 2.45) is 11.7 Å². The number of carbonyl (C=O) groups excluding carboxylic acids is 1. The maximum atomic E-state index is 12.6. The monoisotopic (exact) mass is 384 g/mol. The first-order valence-electron chi connectivity index (χ1n) is 9.52. The third-order valence-corrected chi connectivity index (χ3v) is 5.24. The number of aromatic hydroxyl groups is 1. The van der Waals surface area contributed by atoms with E-state index in [2.05, 4.69) is 15.1 Å². The Morgan fingerprint density at radius 1 is 1.25 bits per heavy atom. The summed E-state index contributed by atoms with van der Waals surface area (Å²) < 4.78 is 0. The number of hydrogen-bond acceptors (Lipinski definition) is 7. The van der Waals surface area contributed by atoms with Crippen LogP contribution in [0.5, 0.6) is 5.75 Å². The molecule has 1 saturated heterocycles. The molecule has 8 heteroatoms. The first kappa shape index (κ1) is 19.9. The maximum Gasteiger partial charge on any atom is 0.240 e. The second kappa shape index (κ2) is 8.02. The highest BCUT2D eigenvalue weighted by atomic mass is 16.3. The summed E-state index contributed by atoms with van der Waals surface area (Å²) in [5, 5.41) is 18.3. The number of rotatable bonds is 4. The quantitative estimate of drug-likeness (QED) is 0.729. The minimum atomic E-state index is -0.491. The first-order valence-corrected chi connectivity index (χ1v) is 9.52. The predicted octanol–water partition coefficient (Wildman–Crippen LogP) is 1.45. The fraction of sp³-hybridized carbons (Fsp3) is 0.450. The van der Waals surface area contributed by atoms with Crippen LogP contribution in [0.3, 0.4) is 0 Å². The molecular formula is C20H28N6O2. The molecule has 0 spiro atoms. The van der Waals surface area contributed by atoms with E-state index in [0.29, 0.717) is 36.7 Å². The van der Waals surface area contributed by atoms with Crippen molar-refractivity contribution in [3.63, 3.8) is 0 Å². The summed E-state index contributed by atoms with van der Waals surface area (Å²) in [5.41, 5.74) is 14.0. The van der Waals surface area contributed by atoms with Gasteiger partial charge in [0.15, 0.2) is 5.82 Å². The van der Waals surface area contributed by atoms with Gasteiger partial charge < -0.3 is 26.4 Å². The van der Waals surface area contributed by atoms with Crippen molar-refractivity contribution in [2.75, 3.05) is 30.3 Å². The Bertz CT molecular complexity index is 856. The molecule has 5 N–H and O–H groups in total. The van der Waals surface area contributed by atoms with Gasteiger partial charge in [-0.15, -0.1) is 10.2 Å². The summed E-state index contributed by atoms with van der Waals surface area (Å²) in [7, 11) is 0. The average molecular weight is 384 g/mol. The number of amides is 1. The van der Waals surface area contributed by atoms with E-state index in [0.717, 1.165) is 5.69 Å². The molecule has 8 nitrogen and oxygen atoms in total. The zero-order valence-electron chi connectivity index (χ0n) is 16.5. The van der Waals surface area contributed by atoms with E-state index in [9.17, 15) is 9.90 Å². The number of piperazine rings is 1. The molecule has 0 unspecified atom stereocenters. The second-order valence-corrected chi connectivity index (χ2v) is 7.61. The van der Waals surface area contributed by atoms with Crippen molar-refractivity contribution in [1.82, 2.24) is 15.1 Å². The lowest BCUT2D eigenvalue weighted by atomic mass is 10.0. The Hall–Kier alpha value is -2.87. The molecule has 1 aliphatic heterocycles. The van der Waals surface area contributed by atoms with E-state index in [1.807, 2.05) is 37.8 Å². The van der Waals surface area contributed by atoms with Crippen LogP contribution in [-0.4, -0.2) is 57.8 Å². The Balaban J connectivity index is 1.81. The number of para-hydroxylation sites is 1. The van der Waals surface area contributed by atoms with Gasteiger partial charge in [0.1, 0.15) is 5.75 Å². The average Bonchev–Trinajstić information content (AvgIpc) is 2.67. The Labute approximate surface area is 165 Å². The van der Waals surface area contributed by atoms with Crippen molar-refractivity contribution >= 4 is 17.4 Å². The van der Waals surface area contributed by atoms with E-state index in [-0.39, 0.29) is 23.6 Å². The molecule has 1 aromatic carbocycles. The van der Waals surface area contributed by atoms with Crippen LogP contribution >= 0.6 is 0 Å². The number of phenols is 1. The van der Waals surface area contributed by atoms with Gasteiger partial charge in [0.25, 0.3) is 0 Å². The van der Waals surface area contributed by atoms with E-state index in [4.69, 9.17) is 11.5 Å². The molecule has 0 radical (unpaired) electrons. The molecule has 0 aliphatic carbocycles. The molecule has 2 heterocycles. The number of carbonyl (C=O) groups is 1. The fourth-order valence-electron chi connectivity index (χ4n) is 3.45. The molecule has 28 heavy (non-hydrogen) atoms. The lowest BCUT2D eigenvalue weighted by molar-refractivity contribution is -0.136. The van der Waals surface area contributed by atoms with Gasteiger partial charge in [-0.05, 0) is 31.0 Å². The second-order valence-electron chi connectivity index (χ2n) is 7.61. The Morgan fingerprint density at radius 2 is 1.96 bits per heavy atom. The number of anilines is 2. The first-order chi connectivity index (χ1) is 13.3. The molecular weight excluding hydrogens is 356 g/mol. The highest BCUT2D eigenvalue weighted by molar-refractivity contribution is 5.82. The lowest BCUT2D eigenvalue weighted by Gasteiger charge is -2.42. The Kier molecular flexibility index (Phi) is 5.69. The van der Waals surface area contributed by atoms with E-state index < -0.39 is 6.04 Å². The molecule has 1 aromatic heterocycles. The number of nitrogens with zero attached hydrogens (tertiary/aromatic N) is 4. The van der Waals surface area contributed by atoms with Crippen LogP contribution in [0, 0.1) is 5.92 Å². The molecule has 0 bridgehead atoms. The summed E-state index contributed by atoms with van der Waals surface area (Å²) in [4.78, 5) is 16.6. The molecule has 3 rings (SSSR count). The fourth-order valence-corrected chi connectivity index (χ4v) is 3.45. The maximum absolute atomic E-state index is 12.6. The summed E-state index contributed by atoms with van der Waals surface area (Å²) >= 11 is 0. The van der Waals surface area contributed by atoms with Crippen LogP contribution in [0.15, 0.2) is 30.3 Å². The molecule has 2 aromatic rings. The zero-order valence-corrected chi connectivity index (χ0v) is 16.5. The summed E-state index contributed by atoms with van der Waals surface area (Å²) in [6, 6.07) is 8.31. The van der Waals surface area contributed by atoms with Crippen molar-refractivity contribution in [3.05, 3.63) is 30.3 Å². The number of benzene rings is 1. The molecule has 150 valence electrons. The molecule has 0 saturated carbocycles. The highest BCUT2D eigenvalue weighted by Crippen LogP contribution is 2.32. The molecule has 1 fully saturated rings. The van der Waals surface area contributed by atoms with E-state index in [1.54, 1.807) is 18.2 Å². The van der Waals surface area contributed by atoms with Crippen LogP contribution in [0.2, 0.25) is 0 Å². The van der Waals surface area contributed by atoms with Gasteiger partial charge in [0, 0.05) is 31.2 Å². The van der Waals surface area contributed by atoms with Gasteiger partial charge in [-0.25, -0.2) is 0 Å². The summed E-state index contributed by atoms with van der Waals surface area (Å²) in [5.74, 6) is 0.542. The number of nitrogen functional groups attached to an aromatic ring is 1. The number of hydrogen-bond donors (Lipinski definition) is 3. The van der Waals surface area contributed by atoms with Crippen molar-refractivity contribution in [1.29, 1.82) is 0 Å². The van der Waals surface area contributed by atoms with Crippen LogP contribution < -0.4 is 16.4 Å². The number of nitrogens with two attached hydrogens (primary N) is 2. The molecule has 1 amide bonds. The van der Waals surface area contributed by atoms with Crippen LogP contribution in [0.1, 0.15) is 20.8 Å². The van der Waals surface area contributed by atoms with E-state index >= 15 is 0 Å². The zero-order chi connectivity index (χ0) is 20.4. The molecule has 1 aliphatic rings. The van der Waals surface area contributed by atoms with Crippen LogP contribution in [0.25, 0.3) is 11.3 Å². The van der Waals surface area contributed by atoms with E-state index in [1.165, 1.54) is 0 Å². The molecule has 2 atom stereocenters. The van der Waals surface area contributed by atoms with Gasteiger partial charge in [0.05, 0.1) is 17.4 Å². The SMILES string of the molecule is CC(C)[C@H](N)C(=O)N1CCN(c2cc(-c3ccccc3O)nnc2N)C[C@@H]1C. The normalized spacial score (nSPS) is 18.4. The van der Waals surface area contributed by atoms with Gasteiger partial charge in [-0.3, -0.25) is 4.79 Å². The van der Waals surface area contributed by atoms with Crippen molar-refractivity contribution < 1.29 is 9.90 Å². The van der Waals surface area contributed by atoms with Crippen molar-refractivity contribution in [2.45, 2.75) is 32.9 Å². The van der Waals surface area contributed by atoms with Gasteiger partial charge >= 0.3 is 0 Å². The number of aromatic nitrogens is 2. The number of phenolic OH excluding ortho intramolecular Hbond substituents is 1. The third kappa shape index (κ3) is 3.87. The lowest BCUT2D eigenvalue weighted by Crippen LogP contribution is -2.58. The Morgan fingerprint density at radius 3 is 2.61 bits per heavy atom. The van der Waals surface area contributed by atoms with Gasteiger partial charge in [-0.1, -0.05) is 26.0 Å². The highest BCUT2D eigenvalue weighted by Gasteiger charge is 2.32.